The minimum Gasteiger partial charge on any atom is -0.337 e. The van der Waals surface area contributed by atoms with E-state index in [1.54, 1.807) is 18.2 Å². The highest BCUT2D eigenvalue weighted by atomic mass is 35.5. The van der Waals surface area contributed by atoms with Crippen LogP contribution >= 0.6 is 23.2 Å². The molecule has 3 saturated heterocycles. The monoisotopic (exact) mass is 695 g/mol. The number of carbonyl (C=O) groups is 1. The Balaban J connectivity index is 1.30. The number of hydrogen-bond acceptors (Lipinski definition) is 5. The summed E-state index contributed by atoms with van der Waals surface area (Å²) in [6, 6.07) is 14.1. The van der Waals surface area contributed by atoms with Crippen molar-refractivity contribution in [1.82, 2.24) is 29.5 Å². The molecule has 1 N–H and O–H groups in total. The molecular weight excluding hydrogens is 660 g/mol. The number of aryl methyl sites for hydroxylation is 3. The second-order valence-corrected chi connectivity index (χ2v) is 15.2. The minimum atomic E-state index is -0.468. The highest BCUT2D eigenvalue weighted by molar-refractivity contribution is 6.43. The third kappa shape index (κ3) is 4.82. The van der Waals surface area contributed by atoms with Crippen molar-refractivity contribution in [1.29, 1.82) is 5.26 Å². The van der Waals surface area contributed by atoms with Gasteiger partial charge in [0.05, 0.1) is 45.5 Å². The average molecular weight is 697 g/mol. The van der Waals surface area contributed by atoms with Crippen LogP contribution in [0.4, 0.5) is 4.39 Å². The van der Waals surface area contributed by atoms with Crippen molar-refractivity contribution in [3.05, 3.63) is 81.1 Å². The highest BCUT2D eigenvalue weighted by Crippen LogP contribution is 2.52. The first-order valence-corrected chi connectivity index (χ1v) is 18.0. The second kappa shape index (κ2) is 11.5. The molecule has 5 fully saturated rings. The Kier molecular flexibility index (Phi) is 7.31. The Morgan fingerprint density at radius 2 is 1.98 bits per heavy atom. The molecule has 250 valence electrons. The molecule has 5 aliphatic rings. The zero-order valence-electron chi connectivity index (χ0n) is 27.4. The number of benzene rings is 2. The first-order valence-electron chi connectivity index (χ1n) is 17.3. The SMILES string of the molecule is Cc1ccn([C@H]2C[C@H](c3cc4c(C)nc5c(F)c(-c6cccc(Cl)c6Cl)c(CCC#N)cc5c4n3[C@H]3[C@H]4CN[C@@H]3C4)N(C(=O)C3CC3)C2)n1. The second-order valence-electron chi connectivity index (χ2n) is 14.4. The van der Waals surface area contributed by atoms with Crippen LogP contribution < -0.4 is 5.32 Å². The van der Waals surface area contributed by atoms with Crippen LogP contribution in [-0.2, 0) is 11.2 Å². The first-order chi connectivity index (χ1) is 23.7. The van der Waals surface area contributed by atoms with E-state index in [-0.39, 0.29) is 46.9 Å². The predicted octanol–water partition coefficient (Wildman–Crippen LogP) is 8.03. The van der Waals surface area contributed by atoms with Gasteiger partial charge in [-0.1, -0.05) is 35.3 Å². The highest BCUT2D eigenvalue weighted by Gasteiger charge is 2.51. The smallest absolute Gasteiger partial charge is 0.226 e. The maximum Gasteiger partial charge on any atom is 0.226 e. The molecule has 2 bridgehead atoms. The molecule has 3 aliphatic heterocycles. The van der Waals surface area contributed by atoms with Crippen LogP contribution in [-0.4, -0.2) is 49.3 Å². The summed E-state index contributed by atoms with van der Waals surface area (Å²) >= 11 is 13.1. The number of halogens is 3. The zero-order valence-corrected chi connectivity index (χ0v) is 28.9. The molecule has 0 radical (unpaired) electrons. The van der Waals surface area contributed by atoms with Gasteiger partial charge in [0, 0.05) is 71.0 Å². The standard InChI is InChI=1S/C38H36Cl2FN7O/c1-19-10-12-47(45-19)24-15-30(46(18-24)38(49)21-8-9-21)31-16-26-20(2)44-35-27(37(26)48(31)36-23-14-29(36)43-17-23)13-22(5-4-11-42)32(34(35)41)25-6-3-7-28(39)33(25)40/h3,6-7,10,12-13,16,21,23-24,29-30,36,43H,4-5,8-9,14-15,17-18H2,1-2H3/t23-,24+,29-,30-,36+/m1/s1. The van der Waals surface area contributed by atoms with E-state index >= 15 is 4.39 Å². The Morgan fingerprint density at radius 3 is 2.67 bits per heavy atom. The molecule has 2 aliphatic carbocycles. The van der Waals surface area contributed by atoms with E-state index in [4.69, 9.17) is 33.3 Å². The maximum atomic E-state index is 17.1. The van der Waals surface area contributed by atoms with Crippen molar-refractivity contribution in [2.45, 2.75) is 76.5 Å². The molecule has 1 amide bonds. The lowest BCUT2D eigenvalue weighted by Gasteiger charge is -2.39. The fourth-order valence-corrected chi connectivity index (χ4v) is 9.22. The molecule has 5 aromatic rings. The quantitative estimate of drug-likeness (QED) is 0.186. The van der Waals surface area contributed by atoms with E-state index in [1.807, 2.05) is 36.9 Å². The van der Waals surface area contributed by atoms with Crippen molar-refractivity contribution < 1.29 is 9.18 Å². The lowest BCUT2D eigenvalue weighted by molar-refractivity contribution is -0.133. The van der Waals surface area contributed by atoms with Crippen LogP contribution in [0.1, 0.15) is 72.9 Å². The first kappa shape index (κ1) is 31.0. The van der Waals surface area contributed by atoms with Crippen molar-refractivity contribution in [3.63, 3.8) is 0 Å². The summed E-state index contributed by atoms with van der Waals surface area (Å²) in [6.07, 6.45) is 6.29. The number of hydrogen-bond donors (Lipinski definition) is 1. The fraction of sp³-hybridized carbons (Fsp3) is 0.421. The normalized spacial score (nSPS) is 24.6. The molecule has 0 unspecified atom stereocenters. The summed E-state index contributed by atoms with van der Waals surface area (Å²) in [6.45, 7) is 5.47. The van der Waals surface area contributed by atoms with Gasteiger partial charge in [0.1, 0.15) is 5.52 Å². The number of nitrogens with one attached hydrogen (secondary N) is 1. The number of pyridine rings is 1. The molecule has 10 rings (SSSR count). The Morgan fingerprint density at radius 1 is 1.14 bits per heavy atom. The average Bonchev–Trinajstić information content (AvgIpc) is 3.54. The Labute approximate surface area is 293 Å². The van der Waals surface area contributed by atoms with Gasteiger partial charge in [-0.2, -0.15) is 10.4 Å². The summed E-state index contributed by atoms with van der Waals surface area (Å²) < 4.78 is 21.6. The number of likely N-dealkylation sites (tertiary alicyclic amines) is 1. The summed E-state index contributed by atoms with van der Waals surface area (Å²) in [5, 5.41) is 20.3. The lowest BCUT2D eigenvalue weighted by atomic mass is 9.79. The number of nitrogens with zero attached hydrogens (tertiary/aromatic N) is 6. The molecule has 3 aromatic heterocycles. The van der Waals surface area contributed by atoms with E-state index in [9.17, 15) is 10.1 Å². The van der Waals surface area contributed by atoms with Gasteiger partial charge in [0.2, 0.25) is 5.91 Å². The van der Waals surface area contributed by atoms with Crippen LogP contribution in [0, 0.1) is 42.8 Å². The van der Waals surface area contributed by atoms with Crippen molar-refractivity contribution in [2.75, 3.05) is 13.1 Å². The topological polar surface area (TPSA) is 91.8 Å². The van der Waals surface area contributed by atoms with Gasteiger partial charge < -0.3 is 14.8 Å². The molecule has 6 heterocycles. The van der Waals surface area contributed by atoms with Crippen LogP contribution in [0.5, 0.6) is 0 Å². The minimum absolute atomic E-state index is 0.0556. The molecule has 8 nitrogen and oxygen atoms in total. The largest absolute Gasteiger partial charge is 0.337 e. The maximum absolute atomic E-state index is 17.1. The Bertz CT molecular complexity index is 2220. The van der Waals surface area contributed by atoms with E-state index in [0.717, 1.165) is 60.2 Å². The van der Waals surface area contributed by atoms with Crippen molar-refractivity contribution >= 4 is 50.9 Å². The zero-order chi connectivity index (χ0) is 33.7. The van der Waals surface area contributed by atoms with Crippen LogP contribution in [0.2, 0.25) is 10.0 Å². The van der Waals surface area contributed by atoms with E-state index in [2.05, 4.69) is 26.9 Å². The van der Waals surface area contributed by atoms with Gasteiger partial charge in [0.25, 0.3) is 0 Å². The molecule has 0 spiro atoms. The molecule has 5 atom stereocenters. The van der Waals surface area contributed by atoms with Gasteiger partial charge >= 0.3 is 0 Å². The number of amides is 1. The summed E-state index contributed by atoms with van der Waals surface area (Å²) in [5.74, 6) is 0.270. The number of fused-ring (bicyclic) bond motifs is 4. The van der Waals surface area contributed by atoms with Crippen LogP contribution in [0.15, 0.2) is 42.6 Å². The molecule has 2 aromatic carbocycles. The van der Waals surface area contributed by atoms with Crippen molar-refractivity contribution in [2.24, 2.45) is 11.8 Å². The van der Waals surface area contributed by atoms with Gasteiger partial charge in [-0.3, -0.25) is 9.48 Å². The van der Waals surface area contributed by atoms with Crippen LogP contribution in [0.3, 0.4) is 0 Å². The number of carbonyl (C=O) groups excluding carboxylic acids is 1. The van der Waals surface area contributed by atoms with Gasteiger partial charge in [0.15, 0.2) is 5.82 Å². The fourth-order valence-electron chi connectivity index (χ4n) is 8.83. The lowest BCUT2D eigenvalue weighted by Crippen LogP contribution is -2.41. The molecular formula is C38H36Cl2FN7O. The van der Waals surface area contributed by atoms with Crippen LogP contribution in [0.25, 0.3) is 32.9 Å². The molecule has 2 saturated carbocycles. The Hall–Kier alpha value is -3.97. The number of aromatic nitrogens is 4. The third-order valence-electron chi connectivity index (χ3n) is 11.4. The van der Waals surface area contributed by atoms with Gasteiger partial charge in [-0.05, 0) is 81.7 Å². The van der Waals surface area contributed by atoms with Crippen molar-refractivity contribution in [3.8, 4) is 17.2 Å². The summed E-state index contributed by atoms with van der Waals surface area (Å²) in [4.78, 5) is 21.0. The van der Waals surface area contributed by atoms with Gasteiger partial charge in [-0.25, -0.2) is 9.37 Å². The molecule has 49 heavy (non-hydrogen) atoms. The van der Waals surface area contributed by atoms with E-state index in [0.29, 0.717) is 52.0 Å². The number of rotatable bonds is 7. The summed E-state index contributed by atoms with van der Waals surface area (Å²) in [5.41, 5.74) is 5.48. The van der Waals surface area contributed by atoms with E-state index in [1.165, 1.54) is 0 Å². The third-order valence-corrected chi connectivity index (χ3v) is 12.2. The predicted molar refractivity (Wildman–Crippen MR) is 188 cm³/mol. The number of nitriles is 1. The summed E-state index contributed by atoms with van der Waals surface area (Å²) in [7, 11) is 0. The van der Waals surface area contributed by atoms with E-state index < -0.39 is 5.82 Å². The van der Waals surface area contributed by atoms with Gasteiger partial charge in [-0.15, -0.1) is 0 Å². The molecule has 11 heteroatoms.